The van der Waals surface area contributed by atoms with Crippen molar-refractivity contribution in [3.05, 3.63) is 63.6 Å². The van der Waals surface area contributed by atoms with Gasteiger partial charge < -0.3 is 10.5 Å². The molecule has 0 aliphatic carbocycles. The summed E-state index contributed by atoms with van der Waals surface area (Å²) >= 11 is 12.0. The molecule has 0 aromatic heterocycles. The highest BCUT2D eigenvalue weighted by molar-refractivity contribution is 6.31. The summed E-state index contributed by atoms with van der Waals surface area (Å²) in [7, 11) is 0. The van der Waals surface area contributed by atoms with Crippen molar-refractivity contribution in [2.75, 3.05) is 0 Å². The van der Waals surface area contributed by atoms with E-state index in [2.05, 4.69) is 0 Å². The van der Waals surface area contributed by atoms with E-state index in [0.29, 0.717) is 16.7 Å². The molecule has 2 nitrogen and oxygen atoms in total. The van der Waals surface area contributed by atoms with Gasteiger partial charge in [-0.25, -0.2) is 0 Å². The zero-order valence-corrected chi connectivity index (χ0v) is 12.1. The third-order valence-corrected chi connectivity index (χ3v) is 3.36. The van der Waals surface area contributed by atoms with Crippen LogP contribution in [0.25, 0.3) is 0 Å². The van der Waals surface area contributed by atoms with E-state index in [1.165, 1.54) is 0 Å². The lowest BCUT2D eigenvalue weighted by atomic mass is 10.1. The van der Waals surface area contributed by atoms with Gasteiger partial charge in [-0.15, -0.1) is 0 Å². The summed E-state index contributed by atoms with van der Waals surface area (Å²) in [6.45, 7) is 2.38. The van der Waals surface area contributed by atoms with Gasteiger partial charge in [0.05, 0.1) is 0 Å². The summed E-state index contributed by atoms with van der Waals surface area (Å²) in [4.78, 5) is 0. The van der Waals surface area contributed by atoms with Gasteiger partial charge in [0.1, 0.15) is 12.4 Å². The van der Waals surface area contributed by atoms with Crippen LogP contribution in [0.15, 0.2) is 42.5 Å². The maximum absolute atomic E-state index is 6.15. The fourth-order valence-corrected chi connectivity index (χ4v) is 2.18. The Hall–Kier alpha value is -1.22. The minimum Gasteiger partial charge on any atom is -0.489 e. The number of benzene rings is 2. The van der Waals surface area contributed by atoms with Crippen molar-refractivity contribution < 1.29 is 4.74 Å². The number of hydrogen-bond donors (Lipinski definition) is 1. The molecule has 2 rings (SSSR count). The third kappa shape index (κ3) is 3.87. The van der Waals surface area contributed by atoms with E-state index in [0.717, 1.165) is 16.9 Å². The lowest BCUT2D eigenvalue weighted by molar-refractivity contribution is 0.306. The smallest absolute Gasteiger partial charge is 0.121 e. The molecule has 0 aliphatic rings. The summed E-state index contributed by atoms with van der Waals surface area (Å²) in [5, 5.41) is 1.34. The van der Waals surface area contributed by atoms with E-state index in [9.17, 15) is 0 Å². The van der Waals surface area contributed by atoms with Gasteiger partial charge in [-0.2, -0.15) is 0 Å². The fraction of sp³-hybridized carbons (Fsp3) is 0.200. The second-order valence-electron chi connectivity index (χ2n) is 4.39. The van der Waals surface area contributed by atoms with Crippen LogP contribution in [0.3, 0.4) is 0 Å². The first-order valence-electron chi connectivity index (χ1n) is 5.98. The fourth-order valence-electron chi connectivity index (χ4n) is 1.71. The molecule has 2 N–H and O–H groups in total. The van der Waals surface area contributed by atoms with Crippen LogP contribution >= 0.6 is 23.2 Å². The summed E-state index contributed by atoms with van der Waals surface area (Å²) in [5.41, 5.74) is 7.78. The molecule has 0 spiro atoms. The van der Waals surface area contributed by atoms with Crippen LogP contribution in [0.1, 0.15) is 24.1 Å². The lowest BCUT2D eigenvalue weighted by Crippen LogP contribution is -2.05. The molecule has 0 radical (unpaired) electrons. The zero-order valence-electron chi connectivity index (χ0n) is 10.6. The van der Waals surface area contributed by atoms with Crippen LogP contribution in [0, 0.1) is 0 Å². The molecule has 100 valence electrons. The van der Waals surface area contributed by atoms with Gasteiger partial charge >= 0.3 is 0 Å². The van der Waals surface area contributed by atoms with Gasteiger partial charge in [0.15, 0.2) is 0 Å². The van der Waals surface area contributed by atoms with Crippen molar-refractivity contribution in [1.29, 1.82) is 0 Å². The molecule has 0 saturated carbocycles. The summed E-state index contributed by atoms with van der Waals surface area (Å²) < 4.78 is 5.68. The quantitative estimate of drug-likeness (QED) is 0.895. The Kier molecular flexibility index (Phi) is 4.70. The standard InChI is InChI=1S/C15H15Cl2NO/c1-10(18)14-7-6-13(8-15(14)17)19-9-11-2-4-12(16)5-3-11/h2-8,10H,9,18H2,1H3. The van der Waals surface area contributed by atoms with E-state index >= 15 is 0 Å². The Morgan fingerprint density at radius 2 is 1.79 bits per heavy atom. The first-order valence-corrected chi connectivity index (χ1v) is 6.74. The predicted molar refractivity (Wildman–Crippen MR) is 79.8 cm³/mol. The first kappa shape index (κ1) is 14.2. The van der Waals surface area contributed by atoms with Crippen molar-refractivity contribution >= 4 is 23.2 Å². The Morgan fingerprint density at radius 3 is 2.37 bits per heavy atom. The monoisotopic (exact) mass is 295 g/mol. The van der Waals surface area contributed by atoms with Crippen LogP contribution in [-0.4, -0.2) is 0 Å². The largest absolute Gasteiger partial charge is 0.489 e. The zero-order chi connectivity index (χ0) is 13.8. The number of hydrogen-bond acceptors (Lipinski definition) is 2. The summed E-state index contributed by atoms with van der Waals surface area (Å²) in [6.07, 6.45) is 0. The maximum Gasteiger partial charge on any atom is 0.121 e. The Labute approximate surface area is 123 Å². The van der Waals surface area contributed by atoms with Crippen molar-refractivity contribution in [2.45, 2.75) is 19.6 Å². The Bertz CT molecular complexity index is 553. The van der Waals surface area contributed by atoms with E-state index in [1.807, 2.05) is 43.3 Å². The van der Waals surface area contributed by atoms with Gasteiger partial charge in [-0.1, -0.05) is 41.4 Å². The minimum atomic E-state index is -0.0854. The topological polar surface area (TPSA) is 35.2 Å². The molecule has 0 heterocycles. The number of ether oxygens (including phenoxy) is 1. The molecule has 4 heteroatoms. The second kappa shape index (κ2) is 6.29. The summed E-state index contributed by atoms with van der Waals surface area (Å²) in [5.74, 6) is 0.726. The van der Waals surface area contributed by atoms with Crippen molar-refractivity contribution in [3.8, 4) is 5.75 Å². The number of rotatable bonds is 4. The van der Waals surface area contributed by atoms with E-state index < -0.39 is 0 Å². The third-order valence-electron chi connectivity index (χ3n) is 2.78. The molecule has 0 saturated heterocycles. The van der Waals surface area contributed by atoms with Crippen LogP contribution in [-0.2, 0) is 6.61 Å². The van der Waals surface area contributed by atoms with Crippen LogP contribution in [0.2, 0.25) is 10.0 Å². The first-order chi connectivity index (χ1) is 9.06. The van der Waals surface area contributed by atoms with Crippen molar-refractivity contribution in [2.24, 2.45) is 5.73 Å². The molecule has 1 unspecified atom stereocenters. The second-order valence-corrected chi connectivity index (χ2v) is 5.23. The molecule has 19 heavy (non-hydrogen) atoms. The van der Waals surface area contributed by atoms with Crippen LogP contribution in [0.5, 0.6) is 5.75 Å². The summed E-state index contributed by atoms with van der Waals surface area (Å²) in [6, 6.07) is 13.0. The molecular weight excluding hydrogens is 281 g/mol. The van der Waals surface area contributed by atoms with Gasteiger partial charge in [0.25, 0.3) is 0 Å². The Morgan fingerprint density at radius 1 is 1.11 bits per heavy atom. The molecular formula is C15H15Cl2NO. The SMILES string of the molecule is CC(N)c1ccc(OCc2ccc(Cl)cc2)cc1Cl. The molecule has 0 bridgehead atoms. The highest BCUT2D eigenvalue weighted by atomic mass is 35.5. The van der Waals surface area contributed by atoms with E-state index in [-0.39, 0.29) is 6.04 Å². The van der Waals surface area contributed by atoms with Crippen molar-refractivity contribution in [1.82, 2.24) is 0 Å². The van der Waals surface area contributed by atoms with Crippen LogP contribution < -0.4 is 10.5 Å². The van der Waals surface area contributed by atoms with Crippen molar-refractivity contribution in [3.63, 3.8) is 0 Å². The molecule has 0 fully saturated rings. The average Bonchev–Trinajstić information content (AvgIpc) is 2.37. The van der Waals surface area contributed by atoms with Gasteiger partial charge in [0, 0.05) is 16.1 Å². The molecule has 0 aliphatic heterocycles. The van der Waals surface area contributed by atoms with E-state index in [1.54, 1.807) is 6.07 Å². The molecule has 0 amide bonds. The van der Waals surface area contributed by atoms with Crippen LogP contribution in [0.4, 0.5) is 0 Å². The Balaban J connectivity index is 2.04. The normalized spacial score (nSPS) is 12.2. The number of nitrogens with two attached hydrogens (primary N) is 1. The highest BCUT2D eigenvalue weighted by Crippen LogP contribution is 2.26. The van der Waals surface area contributed by atoms with Gasteiger partial charge in [-0.3, -0.25) is 0 Å². The maximum atomic E-state index is 6.15. The van der Waals surface area contributed by atoms with Gasteiger partial charge in [0.2, 0.25) is 0 Å². The molecule has 2 aromatic carbocycles. The number of halogens is 2. The lowest BCUT2D eigenvalue weighted by Gasteiger charge is -2.11. The van der Waals surface area contributed by atoms with E-state index in [4.69, 9.17) is 33.7 Å². The average molecular weight is 296 g/mol. The molecule has 1 atom stereocenters. The molecule has 2 aromatic rings. The minimum absolute atomic E-state index is 0.0854. The predicted octanol–water partition coefficient (Wildman–Crippen LogP) is 4.59. The van der Waals surface area contributed by atoms with Gasteiger partial charge in [-0.05, 0) is 42.3 Å². The highest BCUT2D eigenvalue weighted by Gasteiger charge is 2.06.